The summed E-state index contributed by atoms with van der Waals surface area (Å²) in [7, 11) is 1.65. The Morgan fingerprint density at radius 2 is 1.75 bits per heavy atom. The molecule has 36 heavy (non-hydrogen) atoms. The molecule has 1 saturated heterocycles. The molecule has 3 N–H and O–H groups in total. The molecule has 3 atom stereocenters. The number of likely N-dealkylation sites (tertiary alicyclic amines) is 1. The number of hydrogen-bond donors (Lipinski definition) is 2. The predicted molar refractivity (Wildman–Crippen MR) is 139 cm³/mol. The van der Waals surface area contributed by atoms with Gasteiger partial charge < -0.3 is 16.0 Å². The monoisotopic (exact) mass is 485 g/mol. The van der Waals surface area contributed by atoms with Crippen molar-refractivity contribution in [2.24, 2.45) is 5.92 Å². The fourth-order valence-corrected chi connectivity index (χ4v) is 4.62. The lowest BCUT2D eigenvalue weighted by atomic mass is 9.81. The molecule has 186 valence electrons. The number of β-lactam (4-membered cyclic amide) rings is 1. The number of benzene rings is 2. The van der Waals surface area contributed by atoms with Gasteiger partial charge in [-0.25, -0.2) is 9.78 Å². The number of rotatable bonds is 8. The Kier molecular flexibility index (Phi) is 7.63. The summed E-state index contributed by atoms with van der Waals surface area (Å²) in [6, 6.07) is 20.5. The Labute approximate surface area is 211 Å². The van der Waals surface area contributed by atoms with Gasteiger partial charge in [0.25, 0.3) is 5.91 Å². The number of nitrogens with two attached hydrogens (primary N) is 1. The van der Waals surface area contributed by atoms with Gasteiger partial charge in [-0.1, -0.05) is 61.9 Å². The smallest absolute Gasteiger partial charge is 0.325 e. The van der Waals surface area contributed by atoms with Crippen molar-refractivity contribution in [1.82, 2.24) is 15.2 Å². The lowest BCUT2D eigenvalue weighted by Gasteiger charge is -2.46. The molecule has 0 unspecified atom stereocenters. The number of carbonyl (C=O) groups excluding carboxylic acids is 3. The first kappa shape index (κ1) is 24.9. The van der Waals surface area contributed by atoms with E-state index < -0.39 is 18.0 Å². The summed E-state index contributed by atoms with van der Waals surface area (Å²) < 4.78 is 0. The fraction of sp³-hybridized carbons (Fsp3) is 0.286. The number of nitrogen functional groups attached to an aromatic ring is 1. The third-order valence-electron chi connectivity index (χ3n) is 6.54. The number of likely N-dealkylation sites (N-methyl/N-ethyl adjacent to an activating group) is 1. The molecule has 4 amide bonds. The molecule has 4 rings (SSSR count). The second-order valence-electron chi connectivity index (χ2n) is 8.99. The van der Waals surface area contributed by atoms with Crippen LogP contribution in [0.2, 0.25) is 0 Å². The van der Waals surface area contributed by atoms with Gasteiger partial charge in [0.2, 0.25) is 5.91 Å². The lowest BCUT2D eigenvalue weighted by molar-refractivity contribution is -0.156. The molecule has 0 radical (unpaired) electrons. The molecule has 1 aromatic heterocycles. The van der Waals surface area contributed by atoms with E-state index in [1.807, 2.05) is 67.6 Å². The molecule has 0 aliphatic carbocycles. The van der Waals surface area contributed by atoms with Gasteiger partial charge in [0, 0.05) is 18.9 Å². The van der Waals surface area contributed by atoms with Crippen molar-refractivity contribution in [3.63, 3.8) is 0 Å². The Morgan fingerprint density at radius 1 is 1.08 bits per heavy atom. The lowest BCUT2D eigenvalue weighted by Crippen LogP contribution is -2.70. The largest absolute Gasteiger partial charge is 0.384 e. The maximum absolute atomic E-state index is 13.7. The number of amides is 4. The van der Waals surface area contributed by atoms with Gasteiger partial charge in [0.15, 0.2) is 0 Å². The topological polar surface area (TPSA) is 109 Å². The highest BCUT2D eigenvalue weighted by Crippen LogP contribution is 2.33. The first-order valence-electron chi connectivity index (χ1n) is 12.1. The Morgan fingerprint density at radius 3 is 2.39 bits per heavy atom. The number of carbonyl (C=O) groups is 3. The molecular formula is C28H31N5O3. The average molecular weight is 486 g/mol. The van der Waals surface area contributed by atoms with Crippen LogP contribution in [0.25, 0.3) is 0 Å². The van der Waals surface area contributed by atoms with Crippen LogP contribution in [0, 0.1) is 5.92 Å². The Hall–Kier alpha value is -4.20. The van der Waals surface area contributed by atoms with Gasteiger partial charge in [-0.15, -0.1) is 0 Å². The number of aromatic nitrogens is 1. The highest BCUT2D eigenvalue weighted by atomic mass is 16.2. The van der Waals surface area contributed by atoms with Crippen LogP contribution < -0.4 is 16.0 Å². The maximum Gasteiger partial charge on any atom is 0.325 e. The van der Waals surface area contributed by atoms with Gasteiger partial charge in [-0.3, -0.25) is 14.5 Å². The van der Waals surface area contributed by atoms with E-state index in [9.17, 15) is 14.4 Å². The van der Waals surface area contributed by atoms with Gasteiger partial charge >= 0.3 is 6.03 Å². The summed E-state index contributed by atoms with van der Waals surface area (Å²) in [6.45, 7) is 2.04. The minimum absolute atomic E-state index is 0.266. The van der Waals surface area contributed by atoms with Crippen molar-refractivity contribution in [3.05, 3.63) is 90.1 Å². The van der Waals surface area contributed by atoms with E-state index in [-0.39, 0.29) is 24.3 Å². The standard InChI is InChI=1S/C28H31N5O3/c1-3-10-23(20-11-6-4-7-12-20)31-28(36)33-25(27(35)32(2)21-13-8-5-9-14-21)22(26(33)34)17-19-15-16-30-24(29)18-19/h4-9,11-16,18,22-23,25H,3,10,17H2,1-2H3,(H2,29,30)(H,31,36)/t22-,23-,25+/m1/s1. The van der Waals surface area contributed by atoms with E-state index in [2.05, 4.69) is 10.3 Å². The van der Waals surface area contributed by atoms with Crippen LogP contribution in [-0.4, -0.2) is 40.8 Å². The van der Waals surface area contributed by atoms with Crippen molar-refractivity contribution in [1.29, 1.82) is 0 Å². The highest BCUT2D eigenvalue weighted by Gasteiger charge is 2.55. The summed E-state index contributed by atoms with van der Waals surface area (Å²) in [5, 5.41) is 2.99. The number of nitrogens with zero attached hydrogens (tertiary/aromatic N) is 3. The van der Waals surface area contributed by atoms with E-state index in [0.29, 0.717) is 17.9 Å². The van der Waals surface area contributed by atoms with Crippen molar-refractivity contribution in [2.45, 2.75) is 38.3 Å². The SMILES string of the molecule is CCC[C@@H](NC(=O)N1C(=O)[C@H](Cc2ccnc(N)c2)[C@H]1C(=O)N(C)c1ccccc1)c1ccccc1. The number of imide groups is 1. The highest BCUT2D eigenvalue weighted by molar-refractivity contribution is 6.12. The second-order valence-corrected chi connectivity index (χ2v) is 8.99. The van der Waals surface area contributed by atoms with E-state index in [1.54, 1.807) is 25.4 Å². The first-order chi connectivity index (χ1) is 17.4. The van der Waals surface area contributed by atoms with Crippen LogP contribution >= 0.6 is 0 Å². The molecule has 2 heterocycles. The number of hydrogen-bond acceptors (Lipinski definition) is 5. The van der Waals surface area contributed by atoms with Crippen LogP contribution in [0.5, 0.6) is 0 Å². The van der Waals surface area contributed by atoms with Crippen LogP contribution in [-0.2, 0) is 16.0 Å². The van der Waals surface area contributed by atoms with Crippen molar-refractivity contribution in [3.8, 4) is 0 Å². The third kappa shape index (κ3) is 5.22. The fourth-order valence-electron chi connectivity index (χ4n) is 4.62. The molecule has 2 aromatic carbocycles. The number of para-hydroxylation sites is 1. The van der Waals surface area contributed by atoms with Crippen molar-refractivity contribution in [2.75, 3.05) is 17.7 Å². The van der Waals surface area contributed by atoms with E-state index >= 15 is 0 Å². The van der Waals surface area contributed by atoms with Crippen molar-refractivity contribution < 1.29 is 14.4 Å². The molecule has 0 spiro atoms. The second kappa shape index (κ2) is 11.0. The number of urea groups is 1. The summed E-state index contributed by atoms with van der Waals surface area (Å²) in [5.74, 6) is -1.05. The van der Waals surface area contributed by atoms with Gasteiger partial charge in [0.1, 0.15) is 11.9 Å². The number of nitrogens with one attached hydrogen (secondary N) is 1. The van der Waals surface area contributed by atoms with Crippen molar-refractivity contribution >= 4 is 29.4 Å². The van der Waals surface area contributed by atoms with Crippen LogP contribution in [0.1, 0.15) is 36.9 Å². The molecule has 8 nitrogen and oxygen atoms in total. The normalized spacial score (nSPS) is 17.7. The zero-order valence-electron chi connectivity index (χ0n) is 20.5. The third-order valence-corrected chi connectivity index (χ3v) is 6.54. The van der Waals surface area contributed by atoms with E-state index in [4.69, 9.17) is 5.73 Å². The Balaban J connectivity index is 1.60. The molecule has 8 heteroatoms. The average Bonchev–Trinajstić information content (AvgIpc) is 2.90. The van der Waals surface area contributed by atoms with E-state index in [0.717, 1.165) is 22.4 Å². The van der Waals surface area contributed by atoms with Gasteiger partial charge in [-0.2, -0.15) is 0 Å². The minimum atomic E-state index is -0.935. The molecule has 0 bridgehead atoms. The molecule has 1 fully saturated rings. The zero-order chi connectivity index (χ0) is 25.7. The molecule has 1 aliphatic heterocycles. The van der Waals surface area contributed by atoms with Crippen LogP contribution in [0.3, 0.4) is 0 Å². The minimum Gasteiger partial charge on any atom is -0.384 e. The summed E-state index contributed by atoms with van der Waals surface area (Å²) >= 11 is 0. The van der Waals surface area contributed by atoms with Gasteiger partial charge in [0.05, 0.1) is 12.0 Å². The number of pyridine rings is 1. The van der Waals surface area contributed by atoms with Crippen LogP contribution in [0.4, 0.5) is 16.3 Å². The summed E-state index contributed by atoms with van der Waals surface area (Å²) in [4.78, 5) is 46.9. The van der Waals surface area contributed by atoms with Crippen LogP contribution in [0.15, 0.2) is 79.0 Å². The maximum atomic E-state index is 13.7. The molecule has 3 aromatic rings. The quantitative estimate of drug-likeness (QED) is 0.470. The van der Waals surface area contributed by atoms with Gasteiger partial charge in [-0.05, 0) is 48.2 Å². The summed E-state index contributed by atoms with van der Waals surface area (Å²) in [5.41, 5.74) is 8.24. The first-order valence-corrected chi connectivity index (χ1v) is 12.1. The van der Waals surface area contributed by atoms with E-state index in [1.165, 1.54) is 4.90 Å². The molecular weight excluding hydrogens is 454 g/mol. The number of anilines is 2. The summed E-state index contributed by atoms with van der Waals surface area (Å²) in [6.07, 6.45) is 3.41. The predicted octanol–water partition coefficient (Wildman–Crippen LogP) is 3.95. The zero-order valence-corrected chi connectivity index (χ0v) is 20.5. The molecule has 1 aliphatic rings. The Bertz CT molecular complexity index is 1220. The molecule has 0 saturated carbocycles.